The lowest BCUT2D eigenvalue weighted by atomic mass is 9.85. The molecule has 0 aromatic heterocycles. The largest absolute Gasteiger partial charge is 0.357 e. The van der Waals surface area contributed by atoms with Crippen molar-refractivity contribution < 1.29 is 4.39 Å². The van der Waals surface area contributed by atoms with Gasteiger partial charge < -0.3 is 15.5 Å². The van der Waals surface area contributed by atoms with Crippen LogP contribution in [0, 0.1) is 11.7 Å². The predicted octanol–water partition coefficient (Wildman–Crippen LogP) is 3.00. The van der Waals surface area contributed by atoms with E-state index >= 15 is 0 Å². The monoisotopic (exact) mass is 348 g/mol. The van der Waals surface area contributed by atoms with Gasteiger partial charge in [0.25, 0.3) is 0 Å². The zero-order valence-corrected chi connectivity index (χ0v) is 16.1. The van der Waals surface area contributed by atoms with Crippen LogP contribution >= 0.6 is 0 Å². The van der Waals surface area contributed by atoms with Crippen molar-refractivity contribution in [1.82, 2.24) is 15.5 Å². The molecule has 0 radical (unpaired) electrons. The summed E-state index contributed by atoms with van der Waals surface area (Å²) in [6, 6.07) is 6.82. The highest BCUT2D eigenvalue weighted by Crippen LogP contribution is 2.24. The molecule has 0 spiro atoms. The summed E-state index contributed by atoms with van der Waals surface area (Å²) < 4.78 is 13.5. The molecule has 1 fully saturated rings. The number of hydrogen-bond donors (Lipinski definition) is 2. The Balaban J connectivity index is 1.93. The molecule has 140 valence electrons. The van der Waals surface area contributed by atoms with Gasteiger partial charge in [0.05, 0.1) is 6.54 Å². The Morgan fingerprint density at radius 2 is 2.00 bits per heavy atom. The molecular weight excluding hydrogens is 315 g/mol. The van der Waals surface area contributed by atoms with Crippen molar-refractivity contribution in [2.45, 2.75) is 39.0 Å². The average molecular weight is 349 g/mol. The molecule has 0 bridgehead atoms. The number of benzene rings is 1. The van der Waals surface area contributed by atoms with E-state index < -0.39 is 0 Å². The molecule has 1 heterocycles. The van der Waals surface area contributed by atoms with E-state index in [9.17, 15) is 4.39 Å². The second kappa shape index (κ2) is 9.18. The number of likely N-dealkylation sites (tertiary alicyclic amines) is 1. The van der Waals surface area contributed by atoms with Crippen molar-refractivity contribution in [3.8, 4) is 0 Å². The summed E-state index contributed by atoms with van der Waals surface area (Å²) in [6.07, 6.45) is 2.47. The van der Waals surface area contributed by atoms with Crippen LogP contribution in [0.4, 0.5) is 4.39 Å². The number of nitrogens with zero attached hydrogens (tertiary/aromatic N) is 2. The van der Waals surface area contributed by atoms with Crippen LogP contribution in [0.1, 0.15) is 39.2 Å². The van der Waals surface area contributed by atoms with Crippen LogP contribution in [0.5, 0.6) is 0 Å². The Bertz CT molecular complexity index is 563. The van der Waals surface area contributed by atoms with E-state index in [0.717, 1.165) is 24.6 Å². The summed E-state index contributed by atoms with van der Waals surface area (Å²) in [5.74, 6) is 1.36. The molecule has 0 aliphatic carbocycles. The number of guanidine groups is 1. The molecule has 1 aliphatic rings. The minimum atomic E-state index is -0.210. The van der Waals surface area contributed by atoms with Crippen LogP contribution in [-0.4, -0.2) is 50.6 Å². The third-order valence-corrected chi connectivity index (χ3v) is 4.98. The number of hydrogen-bond acceptors (Lipinski definition) is 2. The van der Waals surface area contributed by atoms with Crippen molar-refractivity contribution in [3.05, 3.63) is 35.6 Å². The Labute approximate surface area is 151 Å². The topological polar surface area (TPSA) is 39.7 Å². The molecule has 0 amide bonds. The Kier molecular flexibility index (Phi) is 7.24. The predicted molar refractivity (Wildman–Crippen MR) is 104 cm³/mol. The maximum absolute atomic E-state index is 13.5. The van der Waals surface area contributed by atoms with E-state index in [4.69, 9.17) is 4.99 Å². The number of halogens is 1. The van der Waals surface area contributed by atoms with Gasteiger partial charge in [-0.2, -0.15) is 0 Å². The first kappa shape index (κ1) is 19.7. The van der Waals surface area contributed by atoms with Gasteiger partial charge in [0.15, 0.2) is 5.96 Å². The molecule has 1 aromatic rings. The lowest BCUT2D eigenvalue weighted by Crippen LogP contribution is -2.42. The number of aliphatic imine (C=N–C) groups is 1. The van der Waals surface area contributed by atoms with Gasteiger partial charge in [-0.1, -0.05) is 26.0 Å². The van der Waals surface area contributed by atoms with E-state index in [-0.39, 0.29) is 11.2 Å². The molecule has 25 heavy (non-hydrogen) atoms. The molecule has 4 nitrogen and oxygen atoms in total. The highest BCUT2D eigenvalue weighted by atomic mass is 19.1. The Morgan fingerprint density at radius 1 is 1.28 bits per heavy atom. The van der Waals surface area contributed by atoms with Gasteiger partial charge in [-0.15, -0.1) is 0 Å². The lowest BCUT2D eigenvalue weighted by Gasteiger charge is -2.29. The summed E-state index contributed by atoms with van der Waals surface area (Å²) in [7, 11) is 2.18. The zero-order chi connectivity index (χ0) is 18.3. The fourth-order valence-corrected chi connectivity index (χ4v) is 3.13. The van der Waals surface area contributed by atoms with Gasteiger partial charge in [0.2, 0.25) is 0 Å². The van der Waals surface area contributed by atoms with Crippen LogP contribution in [-0.2, 0) is 5.41 Å². The maximum atomic E-state index is 13.5. The maximum Gasteiger partial charge on any atom is 0.191 e. The standard InChI is InChI=1S/C20H33FN4/c1-5-22-19(23-14-16-9-11-25(4)12-10-16)24-15-20(2,3)17-7-6-8-18(21)13-17/h6-8,13,16H,5,9-12,14-15H2,1-4H3,(H2,22,23,24). The molecule has 1 saturated heterocycles. The highest BCUT2D eigenvalue weighted by Gasteiger charge is 2.21. The average Bonchev–Trinajstić information content (AvgIpc) is 2.59. The number of rotatable bonds is 6. The summed E-state index contributed by atoms with van der Waals surface area (Å²) in [5, 5.41) is 6.81. The lowest BCUT2D eigenvalue weighted by molar-refractivity contribution is 0.220. The normalized spacial score (nSPS) is 17.6. The van der Waals surface area contributed by atoms with Crippen molar-refractivity contribution in [3.63, 3.8) is 0 Å². The summed E-state index contributed by atoms with van der Waals surface area (Å²) in [5.41, 5.74) is 0.764. The molecule has 1 aliphatic heterocycles. The van der Waals surface area contributed by atoms with E-state index in [1.54, 1.807) is 12.1 Å². The Hall–Kier alpha value is -1.62. The smallest absolute Gasteiger partial charge is 0.191 e. The van der Waals surface area contributed by atoms with E-state index in [2.05, 4.69) is 43.4 Å². The van der Waals surface area contributed by atoms with E-state index in [0.29, 0.717) is 12.5 Å². The van der Waals surface area contributed by atoms with Gasteiger partial charge >= 0.3 is 0 Å². The van der Waals surface area contributed by atoms with Crippen LogP contribution in [0.15, 0.2) is 29.3 Å². The quantitative estimate of drug-likeness (QED) is 0.613. The van der Waals surface area contributed by atoms with Crippen LogP contribution in [0.3, 0.4) is 0 Å². The number of piperidine rings is 1. The molecule has 0 atom stereocenters. The van der Waals surface area contributed by atoms with Crippen LogP contribution in [0.25, 0.3) is 0 Å². The third-order valence-electron chi connectivity index (χ3n) is 4.98. The molecule has 5 heteroatoms. The first-order valence-electron chi connectivity index (χ1n) is 9.37. The fourth-order valence-electron chi connectivity index (χ4n) is 3.13. The van der Waals surface area contributed by atoms with E-state index in [1.807, 2.05) is 6.07 Å². The van der Waals surface area contributed by atoms with Crippen molar-refractivity contribution in [1.29, 1.82) is 0 Å². The van der Waals surface area contributed by atoms with Crippen molar-refractivity contribution in [2.24, 2.45) is 10.9 Å². The summed E-state index contributed by atoms with van der Waals surface area (Å²) >= 11 is 0. The highest BCUT2D eigenvalue weighted by molar-refractivity contribution is 5.79. The second-order valence-corrected chi connectivity index (χ2v) is 7.72. The van der Waals surface area contributed by atoms with Crippen LogP contribution in [0.2, 0.25) is 0 Å². The summed E-state index contributed by atoms with van der Waals surface area (Å²) in [6.45, 7) is 11.0. The van der Waals surface area contributed by atoms with Gasteiger partial charge in [0, 0.05) is 18.5 Å². The summed E-state index contributed by atoms with van der Waals surface area (Å²) in [4.78, 5) is 7.14. The SMILES string of the molecule is CCNC(=NCC(C)(C)c1cccc(F)c1)NCC1CCN(C)CC1. The zero-order valence-electron chi connectivity index (χ0n) is 16.1. The molecule has 1 aromatic carbocycles. The molecular formula is C20H33FN4. The Morgan fingerprint density at radius 3 is 2.64 bits per heavy atom. The second-order valence-electron chi connectivity index (χ2n) is 7.72. The third kappa shape index (κ3) is 6.31. The van der Waals surface area contributed by atoms with E-state index in [1.165, 1.54) is 32.0 Å². The molecule has 0 saturated carbocycles. The first-order chi connectivity index (χ1) is 11.9. The van der Waals surface area contributed by atoms with Gasteiger partial charge in [-0.05, 0) is 63.5 Å². The minimum absolute atomic E-state index is 0.193. The molecule has 2 rings (SSSR count). The van der Waals surface area contributed by atoms with Crippen molar-refractivity contribution >= 4 is 5.96 Å². The fraction of sp³-hybridized carbons (Fsp3) is 0.650. The van der Waals surface area contributed by atoms with Gasteiger partial charge in [0.1, 0.15) is 5.82 Å². The van der Waals surface area contributed by atoms with Crippen LogP contribution < -0.4 is 10.6 Å². The first-order valence-corrected chi connectivity index (χ1v) is 9.37. The van der Waals surface area contributed by atoms with Crippen molar-refractivity contribution in [2.75, 3.05) is 39.8 Å². The minimum Gasteiger partial charge on any atom is -0.357 e. The van der Waals surface area contributed by atoms with Gasteiger partial charge in [-0.3, -0.25) is 4.99 Å². The van der Waals surface area contributed by atoms with Gasteiger partial charge in [-0.25, -0.2) is 4.39 Å². The molecule has 0 unspecified atom stereocenters. The molecule has 2 N–H and O–H groups in total. The number of nitrogens with one attached hydrogen (secondary N) is 2.